The molecule has 0 aromatic carbocycles. The van der Waals surface area contributed by atoms with E-state index in [0.29, 0.717) is 6.61 Å². The molecular formula is C8H12O. The molecular weight excluding hydrogens is 112 g/mol. The third-order valence-corrected chi connectivity index (χ3v) is 1.32. The third-order valence-electron chi connectivity index (χ3n) is 1.32. The molecule has 50 valence electrons. The summed E-state index contributed by atoms with van der Waals surface area (Å²) in [6, 6.07) is 0. The van der Waals surface area contributed by atoms with E-state index in [-0.39, 0.29) is 0 Å². The Labute approximate surface area is 56.0 Å². The van der Waals surface area contributed by atoms with Gasteiger partial charge < -0.3 is 4.74 Å². The first kappa shape index (κ1) is 6.60. The molecule has 1 aliphatic rings. The zero-order valence-corrected chi connectivity index (χ0v) is 5.76. The van der Waals surface area contributed by atoms with E-state index in [4.69, 9.17) is 4.74 Å². The second-order valence-electron chi connectivity index (χ2n) is 2.33. The fourth-order valence-electron chi connectivity index (χ4n) is 0.598. The van der Waals surface area contributed by atoms with Crippen LogP contribution in [0.1, 0.15) is 12.8 Å². The molecule has 0 amide bonds. The summed E-state index contributed by atoms with van der Waals surface area (Å²) in [5.41, 5.74) is 3.07. The molecule has 1 heteroatoms. The van der Waals surface area contributed by atoms with E-state index in [1.165, 1.54) is 12.8 Å². The molecule has 0 N–H and O–H groups in total. The largest absolute Gasteiger partial charge is 0.380 e. The van der Waals surface area contributed by atoms with Crippen molar-refractivity contribution < 1.29 is 4.74 Å². The Balaban J connectivity index is 2.11. The quantitative estimate of drug-likeness (QED) is 0.521. The molecule has 1 nitrogen and oxygen atoms in total. The Morgan fingerprint density at radius 1 is 1.67 bits per heavy atom. The van der Waals surface area contributed by atoms with E-state index in [1.807, 2.05) is 6.08 Å². The molecule has 0 unspecified atom stereocenters. The molecule has 1 fully saturated rings. The predicted octanol–water partition coefficient (Wildman–Crippen LogP) is 1.75. The Bertz CT molecular complexity index is 128. The maximum atomic E-state index is 4.81. The maximum absolute atomic E-state index is 4.81. The molecule has 0 saturated heterocycles. The number of methoxy groups -OCH3 is 1. The molecule has 0 aromatic rings. The first-order valence-corrected chi connectivity index (χ1v) is 3.33. The SMILES string of the molecule is COCC=C=CC1CC1. The summed E-state index contributed by atoms with van der Waals surface area (Å²) < 4.78 is 4.81. The standard InChI is InChI=1S/C8H12O/c1-9-7-3-2-4-8-5-6-8/h3-4,8H,5-7H2,1H3. The van der Waals surface area contributed by atoms with Gasteiger partial charge >= 0.3 is 0 Å². The fourth-order valence-corrected chi connectivity index (χ4v) is 0.598. The maximum Gasteiger partial charge on any atom is 0.0717 e. The van der Waals surface area contributed by atoms with E-state index < -0.39 is 0 Å². The highest BCUT2D eigenvalue weighted by Gasteiger charge is 2.16. The van der Waals surface area contributed by atoms with Gasteiger partial charge in [0.1, 0.15) is 0 Å². The molecule has 0 bridgehead atoms. The minimum absolute atomic E-state index is 0.684. The first-order valence-electron chi connectivity index (χ1n) is 3.33. The Morgan fingerprint density at radius 3 is 3.00 bits per heavy atom. The summed E-state index contributed by atoms with van der Waals surface area (Å²) in [6.07, 6.45) is 6.75. The van der Waals surface area contributed by atoms with Crippen LogP contribution in [-0.4, -0.2) is 13.7 Å². The van der Waals surface area contributed by atoms with Gasteiger partial charge in [-0.3, -0.25) is 0 Å². The molecule has 9 heavy (non-hydrogen) atoms. The Hall–Kier alpha value is -0.520. The van der Waals surface area contributed by atoms with Crippen molar-refractivity contribution in [2.45, 2.75) is 12.8 Å². The number of hydrogen-bond donors (Lipinski definition) is 0. The summed E-state index contributed by atoms with van der Waals surface area (Å²) in [7, 11) is 1.69. The van der Waals surface area contributed by atoms with Gasteiger partial charge in [0.25, 0.3) is 0 Å². The van der Waals surface area contributed by atoms with E-state index in [2.05, 4.69) is 11.8 Å². The van der Waals surface area contributed by atoms with E-state index in [0.717, 1.165) is 5.92 Å². The van der Waals surface area contributed by atoms with Crippen LogP contribution in [0.15, 0.2) is 17.9 Å². The summed E-state index contributed by atoms with van der Waals surface area (Å²) in [6.45, 7) is 0.684. The van der Waals surface area contributed by atoms with Crippen LogP contribution in [0.5, 0.6) is 0 Å². The van der Waals surface area contributed by atoms with Gasteiger partial charge in [-0.1, -0.05) is 0 Å². The van der Waals surface area contributed by atoms with Gasteiger partial charge in [-0.2, -0.15) is 0 Å². The van der Waals surface area contributed by atoms with Crippen molar-refractivity contribution in [3.8, 4) is 0 Å². The molecule has 0 atom stereocenters. The molecule has 1 saturated carbocycles. The van der Waals surface area contributed by atoms with Gasteiger partial charge in [-0.15, -0.1) is 5.73 Å². The number of hydrogen-bond acceptors (Lipinski definition) is 1. The lowest BCUT2D eigenvalue weighted by Gasteiger charge is -1.81. The van der Waals surface area contributed by atoms with Crippen molar-refractivity contribution in [1.29, 1.82) is 0 Å². The minimum Gasteiger partial charge on any atom is -0.380 e. The molecule has 0 spiro atoms. The second-order valence-corrected chi connectivity index (χ2v) is 2.33. The van der Waals surface area contributed by atoms with Crippen LogP contribution >= 0.6 is 0 Å². The normalized spacial score (nSPS) is 16.6. The lowest BCUT2D eigenvalue weighted by atomic mass is 10.4. The van der Waals surface area contributed by atoms with Gasteiger partial charge in [0.05, 0.1) is 6.61 Å². The van der Waals surface area contributed by atoms with Crippen LogP contribution in [0, 0.1) is 5.92 Å². The second kappa shape index (κ2) is 3.49. The lowest BCUT2D eigenvalue weighted by molar-refractivity contribution is 0.234. The van der Waals surface area contributed by atoms with Gasteiger partial charge in [0.15, 0.2) is 0 Å². The molecule has 0 aliphatic heterocycles. The van der Waals surface area contributed by atoms with Crippen LogP contribution in [0.3, 0.4) is 0 Å². The predicted molar refractivity (Wildman–Crippen MR) is 37.3 cm³/mol. The van der Waals surface area contributed by atoms with E-state index >= 15 is 0 Å². The number of rotatable bonds is 3. The van der Waals surface area contributed by atoms with Crippen molar-refractivity contribution in [3.63, 3.8) is 0 Å². The van der Waals surface area contributed by atoms with Gasteiger partial charge in [0.2, 0.25) is 0 Å². The van der Waals surface area contributed by atoms with Crippen LogP contribution in [-0.2, 0) is 4.74 Å². The fraction of sp³-hybridized carbons (Fsp3) is 0.625. The summed E-state index contributed by atoms with van der Waals surface area (Å²) in [5, 5.41) is 0. The highest BCUT2D eigenvalue weighted by molar-refractivity contribution is 4.96. The van der Waals surface area contributed by atoms with Crippen molar-refractivity contribution in [2.75, 3.05) is 13.7 Å². The van der Waals surface area contributed by atoms with Crippen LogP contribution < -0.4 is 0 Å². The topological polar surface area (TPSA) is 9.23 Å². The Kier molecular flexibility index (Phi) is 2.56. The van der Waals surface area contributed by atoms with Crippen molar-refractivity contribution >= 4 is 0 Å². The van der Waals surface area contributed by atoms with Gasteiger partial charge in [0, 0.05) is 7.11 Å². The van der Waals surface area contributed by atoms with Crippen molar-refractivity contribution in [3.05, 3.63) is 17.9 Å². The highest BCUT2D eigenvalue weighted by Crippen LogP contribution is 2.29. The van der Waals surface area contributed by atoms with Crippen molar-refractivity contribution in [1.82, 2.24) is 0 Å². The zero-order valence-electron chi connectivity index (χ0n) is 5.76. The van der Waals surface area contributed by atoms with Crippen LogP contribution in [0.4, 0.5) is 0 Å². The molecule has 1 rings (SSSR count). The highest BCUT2D eigenvalue weighted by atomic mass is 16.5. The average molecular weight is 124 g/mol. The van der Waals surface area contributed by atoms with Crippen LogP contribution in [0.25, 0.3) is 0 Å². The average Bonchev–Trinajstić information content (AvgIpc) is 2.63. The first-order chi connectivity index (χ1) is 4.43. The van der Waals surface area contributed by atoms with Crippen LogP contribution in [0.2, 0.25) is 0 Å². The van der Waals surface area contributed by atoms with E-state index in [1.54, 1.807) is 7.11 Å². The van der Waals surface area contributed by atoms with Crippen molar-refractivity contribution in [2.24, 2.45) is 5.92 Å². The molecule has 0 aromatic heterocycles. The molecule has 0 radical (unpaired) electrons. The molecule has 1 aliphatic carbocycles. The minimum atomic E-state index is 0.684. The number of ether oxygens (including phenoxy) is 1. The monoisotopic (exact) mass is 124 g/mol. The zero-order chi connectivity index (χ0) is 6.53. The lowest BCUT2D eigenvalue weighted by Crippen LogP contribution is -1.77. The van der Waals surface area contributed by atoms with Gasteiger partial charge in [-0.25, -0.2) is 0 Å². The molecule has 0 heterocycles. The summed E-state index contributed by atoms with van der Waals surface area (Å²) in [5.74, 6) is 0.832. The van der Waals surface area contributed by atoms with E-state index in [9.17, 15) is 0 Å². The summed E-state index contributed by atoms with van der Waals surface area (Å²) >= 11 is 0. The summed E-state index contributed by atoms with van der Waals surface area (Å²) in [4.78, 5) is 0. The Morgan fingerprint density at radius 2 is 2.44 bits per heavy atom. The smallest absolute Gasteiger partial charge is 0.0717 e. The van der Waals surface area contributed by atoms with Gasteiger partial charge in [-0.05, 0) is 30.9 Å². The third kappa shape index (κ3) is 3.12.